The minimum atomic E-state index is -2.45. The molecule has 1 aliphatic rings. The van der Waals surface area contributed by atoms with E-state index in [1.807, 2.05) is 0 Å². The molecule has 1 heterocycles. The monoisotopic (exact) mass is 518 g/mol. The van der Waals surface area contributed by atoms with Crippen LogP contribution in [0.4, 0.5) is 0 Å². The van der Waals surface area contributed by atoms with Gasteiger partial charge >= 0.3 is 0 Å². The quantitative estimate of drug-likeness (QED) is 0.178. The van der Waals surface area contributed by atoms with E-state index in [0.29, 0.717) is 0 Å². The van der Waals surface area contributed by atoms with Gasteiger partial charge in [0.1, 0.15) is 5.50 Å². The van der Waals surface area contributed by atoms with E-state index in [2.05, 4.69) is 137 Å². The second-order valence-corrected chi connectivity index (χ2v) is 29.9. The summed E-state index contributed by atoms with van der Waals surface area (Å²) in [4.78, 5) is 2.51. The zero-order chi connectivity index (χ0) is 24.6. The SMILES string of the molecule is CCOC1=C([Si](c2ccccc2)(c2ccccc2)c2ccccc2)P1C([Si](C)(C)C)[Si](C)(C)C. The molecule has 3 aromatic carbocycles. The van der Waals surface area contributed by atoms with Crippen LogP contribution in [0.25, 0.3) is 0 Å². The highest BCUT2D eigenvalue weighted by atomic mass is 31.1. The van der Waals surface area contributed by atoms with Crippen LogP contribution in [-0.2, 0) is 4.74 Å². The molecule has 3 aromatic rings. The second kappa shape index (κ2) is 9.73. The molecule has 0 bridgehead atoms. The van der Waals surface area contributed by atoms with E-state index in [9.17, 15) is 0 Å². The maximum Gasteiger partial charge on any atom is 0.185 e. The largest absolute Gasteiger partial charge is 0.493 e. The zero-order valence-electron chi connectivity index (χ0n) is 21.8. The minimum Gasteiger partial charge on any atom is -0.493 e. The Morgan fingerprint density at radius 2 is 0.971 bits per heavy atom. The zero-order valence-corrected chi connectivity index (χ0v) is 25.7. The Hall–Kier alpha value is -1.72. The smallest absolute Gasteiger partial charge is 0.185 e. The van der Waals surface area contributed by atoms with Crippen molar-refractivity contribution in [1.29, 1.82) is 0 Å². The summed E-state index contributed by atoms with van der Waals surface area (Å²) < 4.78 is 6.61. The summed E-state index contributed by atoms with van der Waals surface area (Å²) in [6.45, 7) is 18.5. The molecule has 0 fully saturated rings. The van der Waals surface area contributed by atoms with Gasteiger partial charge in [-0.15, -0.1) is 0 Å². The van der Waals surface area contributed by atoms with E-state index in [0.717, 1.165) is 11.5 Å². The van der Waals surface area contributed by atoms with E-state index >= 15 is 0 Å². The lowest BCUT2D eigenvalue weighted by atomic mass is 10.3. The van der Waals surface area contributed by atoms with Crippen LogP contribution in [0.1, 0.15) is 6.92 Å². The standard InChI is InChI=1S/C29H39OPSi3/c1-8-30-27-28(31(27)29(32(2,3)4)33(5,6)7)34(24-18-12-9-13-19-24,25-20-14-10-15-21-25)26-22-16-11-17-23-26/h9-23,29H,8H2,1-7H3. The van der Waals surface area contributed by atoms with Gasteiger partial charge in [0.15, 0.2) is 8.07 Å². The van der Waals surface area contributed by atoms with Gasteiger partial charge in [0.2, 0.25) is 0 Å². The first-order valence-corrected chi connectivity index (χ1v) is 23.0. The van der Waals surface area contributed by atoms with Gasteiger partial charge in [-0.05, 0) is 35.3 Å². The van der Waals surface area contributed by atoms with E-state index < -0.39 is 24.2 Å². The lowest BCUT2D eigenvalue weighted by Gasteiger charge is -2.41. The molecule has 0 N–H and O–H groups in total. The summed E-state index contributed by atoms with van der Waals surface area (Å²) in [6, 6.07) is 34.1. The van der Waals surface area contributed by atoms with Crippen LogP contribution < -0.4 is 15.6 Å². The summed E-state index contributed by atoms with van der Waals surface area (Å²) in [6.07, 6.45) is 0. The third-order valence-electron chi connectivity index (χ3n) is 6.77. The highest BCUT2D eigenvalue weighted by Crippen LogP contribution is 2.77. The molecule has 5 heteroatoms. The number of hydrogen-bond donors (Lipinski definition) is 0. The van der Waals surface area contributed by atoms with Crippen LogP contribution in [0.15, 0.2) is 101 Å². The van der Waals surface area contributed by atoms with Crippen LogP contribution in [0.2, 0.25) is 39.3 Å². The predicted octanol–water partition coefficient (Wildman–Crippen LogP) is 6.52. The molecule has 0 aromatic heterocycles. The average molecular weight is 519 g/mol. The van der Waals surface area contributed by atoms with E-state index in [-0.39, 0.29) is 7.92 Å². The first kappa shape index (κ1) is 25.4. The maximum absolute atomic E-state index is 6.61. The Bertz CT molecular complexity index is 1020. The van der Waals surface area contributed by atoms with Crippen molar-refractivity contribution < 1.29 is 4.74 Å². The molecule has 1 aliphatic heterocycles. The fraction of sp³-hybridized carbons (Fsp3) is 0.310. The minimum absolute atomic E-state index is 0.385. The van der Waals surface area contributed by atoms with Crippen LogP contribution in [0.5, 0.6) is 0 Å². The lowest BCUT2D eigenvalue weighted by Crippen LogP contribution is -2.67. The Balaban J connectivity index is 2.06. The summed E-state index contributed by atoms with van der Waals surface area (Å²) >= 11 is 0. The fourth-order valence-corrected chi connectivity index (χ4v) is 34.5. The number of benzene rings is 3. The number of rotatable bonds is 9. The second-order valence-electron chi connectivity index (χ2n) is 11.4. The molecular weight excluding hydrogens is 480 g/mol. The summed E-state index contributed by atoms with van der Waals surface area (Å²) in [5.41, 5.74) is 1.38. The Morgan fingerprint density at radius 3 is 1.26 bits per heavy atom. The lowest BCUT2D eigenvalue weighted by molar-refractivity contribution is 0.262. The third-order valence-corrected chi connectivity index (χ3v) is 29.7. The highest BCUT2D eigenvalue weighted by Gasteiger charge is 2.62. The first-order chi connectivity index (χ1) is 16.1. The predicted molar refractivity (Wildman–Crippen MR) is 160 cm³/mol. The third kappa shape index (κ3) is 4.58. The van der Waals surface area contributed by atoms with Crippen molar-refractivity contribution in [2.45, 2.75) is 51.1 Å². The molecule has 0 saturated heterocycles. The molecule has 0 spiro atoms. The van der Waals surface area contributed by atoms with Crippen molar-refractivity contribution in [2.75, 3.05) is 6.61 Å². The van der Waals surface area contributed by atoms with Gasteiger partial charge in [0.25, 0.3) is 0 Å². The fourth-order valence-electron chi connectivity index (χ4n) is 6.07. The average Bonchev–Trinajstić information content (AvgIpc) is 3.47. The van der Waals surface area contributed by atoms with E-state index in [1.54, 1.807) is 4.94 Å². The van der Waals surface area contributed by atoms with Crippen LogP contribution >= 0.6 is 7.92 Å². The molecule has 178 valence electrons. The number of ether oxygens (including phenoxy) is 1. The summed E-state index contributed by atoms with van der Waals surface area (Å²) in [5.74, 6) is 0. The molecule has 1 unspecified atom stereocenters. The van der Waals surface area contributed by atoms with Gasteiger partial charge in [-0.1, -0.05) is 130 Å². The number of hydrogen-bond acceptors (Lipinski definition) is 1. The van der Waals surface area contributed by atoms with Gasteiger partial charge in [0.05, 0.1) is 22.8 Å². The Labute approximate surface area is 211 Å². The summed E-state index contributed by atoms with van der Waals surface area (Å²) in [5, 5.41) is 4.44. The van der Waals surface area contributed by atoms with Gasteiger partial charge in [-0.2, -0.15) is 0 Å². The molecule has 0 saturated carbocycles. The van der Waals surface area contributed by atoms with E-state index in [4.69, 9.17) is 4.74 Å². The van der Waals surface area contributed by atoms with Crippen molar-refractivity contribution in [2.24, 2.45) is 0 Å². The van der Waals surface area contributed by atoms with Gasteiger partial charge in [-0.25, -0.2) is 0 Å². The van der Waals surface area contributed by atoms with Crippen LogP contribution in [0, 0.1) is 0 Å². The maximum atomic E-state index is 6.61. The molecule has 1 nitrogen and oxygen atoms in total. The van der Waals surface area contributed by atoms with Gasteiger partial charge in [-0.3, -0.25) is 0 Å². The molecular formula is C29H39OPSi3. The van der Waals surface area contributed by atoms with E-state index in [1.165, 1.54) is 21.1 Å². The van der Waals surface area contributed by atoms with Crippen molar-refractivity contribution in [3.63, 3.8) is 0 Å². The molecule has 0 aliphatic carbocycles. The highest BCUT2D eigenvalue weighted by molar-refractivity contribution is 7.84. The molecule has 1 atom stereocenters. The van der Waals surface area contributed by atoms with Crippen LogP contribution in [-0.4, -0.2) is 35.7 Å². The van der Waals surface area contributed by atoms with Crippen LogP contribution in [0.3, 0.4) is 0 Å². The summed E-state index contributed by atoms with van der Waals surface area (Å²) in [7, 11) is -5.68. The molecule has 0 radical (unpaired) electrons. The normalized spacial score (nSPS) is 16.6. The Kier molecular flexibility index (Phi) is 7.27. The molecule has 34 heavy (non-hydrogen) atoms. The molecule has 4 rings (SSSR count). The van der Waals surface area contributed by atoms with Crippen molar-refractivity contribution in [1.82, 2.24) is 0 Å². The Morgan fingerprint density at radius 1 is 0.618 bits per heavy atom. The van der Waals surface area contributed by atoms with Crippen molar-refractivity contribution in [3.8, 4) is 0 Å². The van der Waals surface area contributed by atoms with Crippen molar-refractivity contribution in [3.05, 3.63) is 101 Å². The van der Waals surface area contributed by atoms with Gasteiger partial charge in [0, 0.05) is 4.94 Å². The first-order valence-electron chi connectivity index (χ1n) is 12.5. The molecule has 0 amide bonds. The van der Waals surface area contributed by atoms with Gasteiger partial charge < -0.3 is 4.74 Å². The topological polar surface area (TPSA) is 9.23 Å². The van der Waals surface area contributed by atoms with Crippen molar-refractivity contribution >= 4 is 47.7 Å².